The fourth-order valence-electron chi connectivity index (χ4n) is 6.16. The number of aliphatic hydroxyl groups excluding tert-OH is 1. The van der Waals surface area contributed by atoms with Crippen LogP contribution in [0.4, 0.5) is 0 Å². The number of hydrogen-bond donors (Lipinski definition) is 2. The second-order valence-electron chi connectivity index (χ2n) is 10.0. The Kier molecular flexibility index (Phi) is 8.18. The molecule has 2 amide bonds. The summed E-state index contributed by atoms with van der Waals surface area (Å²) in [6.07, 6.45) is 4.39. The minimum absolute atomic E-state index is 0.00628. The van der Waals surface area contributed by atoms with Gasteiger partial charge in [0, 0.05) is 11.8 Å². The van der Waals surface area contributed by atoms with Crippen LogP contribution < -0.4 is 5.32 Å². The van der Waals surface area contributed by atoms with Crippen molar-refractivity contribution in [3.63, 3.8) is 0 Å². The Labute approximate surface area is 196 Å². The van der Waals surface area contributed by atoms with Gasteiger partial charge in [-0.25, -0.2) is 0 Å². The molecule has 3 heterocycles. The maximum absolute atomic E-state index is 13.9. The predicted molar refractivity (Wildman–Crippen MR) is 125 cm³/mol. The molecule has 32 heavy (non-hydrogen) atoms. The monoisotopic (exact) mass is 468 g/mol. The van der Waals surface area contributed by atoms with Crippen LogP contribution in [0.15, 0.2) is 0 Å². The molecule has 3 aliphatic heterocycles. The summed E-state index contributed by atoms with van der Waals surface area (Å²) in [5, 5.41) is 13.3. The van der Waals surface area contributed by atoms with E-state index in [1.165, 1.54) is 0 Å². The number of rotatable bonds is 11. The third-order valence-electron chi connectivity index (χ3n) is 7.42. The molecule has 0 aromatic heterocycles. The van der Waals surface area contributed by atoms with Crippen molar-refractivity contribution < 1.29 is 24.2 Å². The number of unbranched alkanes of at least 4 members (excludes halogenated alkanes) is 2. The molecule has 0 aromatic rings. The number of fused-ring (bicyclic) bond motifs is 1. The quantitative estimate of drug-likeness (QED) is 0.357. The first-order valence-electron chi connectivity index (χ1n) is 12.3. The average molecular weight is 469 g/mol. The van der Waals surface area contributed by atoms with Gasteiger partial charge >= 0.3 is 5.97 Å². The number of thioether (sulfide) groups is 1. The van der Waals surface area contributed by atoms with Crippen LogP contribution in [0.2, 0.25) is 0 Å². The van der Waals surface area contributed by atoms with Gasteiger partial charge in [0.05, 0.1) is 35.8 Å². The van der Waals surface area contributed by atoms with E-state index in [9.17, 15) is 19.5 Å². The Morgan fingerprint density at radius 3 is 2.62 bits per heavy atom. The van der Waals surface area contributed by atoms with E-state index < -0.39 is 28.7 Å². The van der Waals surface area contributed by atoms with Gasteiger partial charge in [-0.1, -0.05) is 40.5 Å². The summed E-state index contributed by atoms with van der Waals surface area (Å²) in [4.78, 5) is 42.1. The third-order valence-corrected chi connectivity index (χ3v) is 9.49. The smallest absolute Gasteiger partial charge is 0.310 e. The fraction of sp³-hybridized carbons (Fsp3) is 0.875. The summed E-state index contributed by atoms with van der Waals surface area (Å²) in [5.41, 5.74) is 0. The summed E-state index contributed by atoms with van der Waals surface area (Å²) < 4.78 is 4.71. The van der Waals surface area contributed by atoms with Crippen molar-refractivity contribution in [2.75, 3.05) is 19.8 Å². The lowest BCUT2D eigenvalue weighted by molar-refractivity contribution is -0.154. The van der Waals surface area contributed by atoms with Crippen molar-refractivity contribution in [3.05, 3.63) is 0 Å². The maximum atomic E-state index is 13.9. The van der Waals surface area contributed by atoms with Crippen molar-refractivity contribution in [3.8, 4) is 0 Å². The highest BCUT2D eigenvalue weighted by atomic mass is 32.2. The molecule has 3 aliphatic rings. The zero-order chi connectivity index (χ0) is 23.6. The van der Waals surface area contributed by atoms with Crippen LogP contribution in [0.5, 0.6) is 0 Å². The lowest BCUT2D eigenvalue weighted by Crippen LogP contribution is -2.58. The third kappa shape index (κ3) is 4.17. The van der Waals surface area contributed by atoms with Gasteiger partial charge < -0.3 is 20.1 Å². The molecule has 2 N–H and O–H groups in total. The molecule has 0 radical (unpaired) electrons. The van der Waals surface area contributed by atoms with E-state index in [2.05, 4.69) is 19.2 Å². The molecule has 3 unspecified atom stereocenters. The van der Waals surface area contributed by atoms with Gasteiger partial charge in [0.2, 0.25) is 11.8 Å². The molecule has 3 saturated heterocycles. The second-order valence-corrected chi connectivity index (χ2v) is 11.6. The SMILES string of the molecule is CCCCCNC(=O)C1N([C@@H](CO)CC(C)C)C(=O)[C@@H]2[C@H](C(=O)OCC)[C@@H]3CC(C)C12S3. The Morgan fingerprint density at radius 1 is 1.31 bits per heavy atom. The van der Waals surface area contributed by atoms with Gasteiger partial charge in [-0.3, -0.25) is 14.4 Å². The molecule has 182 valence electrons. The number of nitrogens with zero attached hydrogens (tertiary/aromatic N) is 1. The van der Waals surface area contributed by atoms with E-state index in [4.69, 9.17) is 4.74 Å². The highest BCUT2D eigenvalue weighted by Crippen LogP contribution is 2.69. The van der Waals surface area contributed by atoms with Crippen LogP contribution in [0.25, 0.3) is 0 Å². The van der Waals surface area contributed by atoms with Crippen LogP contribution >= 0.6 is 11.8 Å². The number of ether oxygens (including phenoxy) is 1. The minimum atomic E-state index is -0.679. The molecule has 3 fully saturated rings. The van der Waals surface area contributed by atoms with Gasteiger partial charge in [0.1, 0.15) is 6.04 Å². The summed E-state index contributed by atoms with van der Waals surface area (Å²) in [6.45, 7) is 10.7. The van der Waals surface area contributed by atoms with Crippen LogP contribution in [0.1, 0.15) is 66.7 Å². The molecule has 2 bridgehead atoms. The van der Waals surface area contributed by atoms with Crippen molar-refractivity contribution in [1.29, 1.82) is 0 Å². The fourth-order valence-corrected chi connectivity index (χ4v) is 8.56. The van der Waals surface area contributed by atoms with Gasteiger partial charge in [-0.2, -0.15) is 0 Å². The minimum Gasteiger partial charge on any atom is -0.466 e. The van der Waals surface area contributed by atoms with E-state index in [0.717, 1.165) is 25.7 Å². The second kappa shape index (κ2) is 10.3. The number of hydrogen-bond acceptors (Lipinski definition) is 6. The van der Waals surface area contributed by atoms with E-state index in [0.29, 0.717) is 13.0 Å². The highest BCUT2D eigenvalue weighted by Gasteiger charge is 2.76. The first kappa shape index (κ1) is 25.3. The number of carbonyl (C=O) groups excluding carboxylic acids is 3. The van der Waals surface area contributed by atoms with Crippen molar-refractivity contribution in [2.24, 2.45) is 23.7 Å². The zero-order valence-electron chi connectivity index (χ0n) is 20.1. The van der Waals surface area contributed by atoms with Crippen molar-refractivity contribution in [2.45, 2.75) is 88.8 Å². The molecule has 0 aromatic carbocycles. The molecular formula is C24H40N2O5S. The Balaban J connectivity index is 2.00. The summed E-state index contributed by atoms with van der Waals surface area (Å²) in [6, 6.07) is -1.12. The van der Waals surface area contributed by atoms with E-state index in [1.54, 1.807) is 23.6 Å². The standard InChI is InChI=1S/C24H40N2O5S/c1-6-8-9-10-25-21(28)20-24-15(5)12-17(32-24)18(23(30)31-7-2)19(24)22(29)26(20)16(13-27)11-14(3)4/h14-20,27H,6-13H2,1-5H3,(H,25,28)/t15?,16-,17+,18-,19+,20?,24?/m1/s1. The first-order valence-corrected chi connectivity index (χ1v) is 13.2. The molecule has 8 heteroatoms. The molecular weight excluding hydrogens is 428 g/mol. The zero-order valence-corrected chi connectivity index (χ0v) is 21.0. The number of esters is 1. The number of carbonyl (C=O) groups is 3. The molecule has 0 saturated carbocycles. The van der Waals surface area contributed by atoms with Gasteiger partial charge in [0.25, 0.3) is 0 Å². The number of likely N-dealkylation sites (tertiary alicyclic amines) is 1. The lowest BCUT2D eigenvalue weighted by atomic mass is 9.66. The Hall–Kier alpha value is -1.28. The summed E-state index contributed by atoms with van der Waals surface area (Å²) in [5.74, 6) is -1.37. The van der Waals surface area contributed by atoms with Crippen LogP contribution in [0.3, 0.4) is 0 Å². The summed E-state index contributed by atoms with van der Waals surface area (Å²) >= 11 is 1.65. The highest BCUT2D eigenvalue weighted by molar-refractivity contribution is 8.02. The number of aliphatic hydroxyl groups is 1. The van der Waals surface area contributed by atoms with E-state index >= 15 is 0 Å². The molecule has 1 spiro atoms. The predicted octanol–water partition coefficient (Wildman–Crippen LogP) is 2.60. The van der Waals surface area contributed by atoms with Gasteiger partial charge in [-0.15, -0.1) is 11.8 Å². The Bertz CT molecular complexity index is 717. The lowest BCUT2D eigenvalue weighted by Gasteiger charge is -2.40. The Morgan fingerprint density at radius 2 is 2.03 bits per heavy atom. The van der Waals surface area contributed by atoms with Crippen molar-refractivity contribution >= 4 is 29.5 Å². The van der Waals surface area contributed by atoms with E-state index in [1.807, 2.05) is 13.8 Å². The molecule has 0 aliphatic carbocycles. The largest absolute Gasteiger partial charge is 0.466 e. The van der Waals surface area contributed by atoms with Crippen molar-refractivity contribution in [1.82, 2.24) is 10.2 Å². The number of nitrogens with one attached hydrogen (secondary N) is 1. The summed E-state index contributed by atoms with van der Waals surface area (Å²) in [7, 11) is 0. The molecule has 7 nitrogen and oxygen atoms in total. The van der Waals surface area contributed by atoms with Gasteiger partial charge in [0.15, 0.2) is 0 Å². The van der Waals surface area contributed by atoms with Gasteiger partial charge in [-0.05, 0) is 38.0 Å². The molecule has 3 rings (SSSR count). The van der Waals surface area contributed by atoms with Crippen LogP contribution in [-0.4, -0.2) is 69.6 Å². The topological polar surface area (TPSA) is 95.9 Å². The normalized spacial score (nSPS) is 34.2. The van der Waals surface area contributed by atoms with Crippen LogP contribution in [0, 0.1) is 23.7 Å². The number of amides is 2. The maximum Gasteiger partial charge on any atom is 0.310 e. The average Bonchev–Trinajstić information content (AvgIpc) is 3.33. The van der Waals surface area contributed by atoms with E-state index in [-0.39, 0.29) is 48.1 Å². The first-order chi connectivity index (χ1) is 15.2. The molecule has 7 atom stereocenters. The van der Waals surface area contributed by atoms with Crippen LogP contribution in [-0.2, 0) is 19.1 Å².